The fourth-order valence-electron chi connectivity index (χ4n) is 3.42. The fourth-order valence-corrected chi connectivity index (χ4v) is 3.42. The Labute approximate surface area is 130 Å². The van der Waals surface area contributed by atoms with Gasteiger partial charge < -0.3 is 15.0 Å². The highest BCUT2D eigenvalue weighted by Crippen LogP contribution is 2.39. The van der Waals surface area contributed by atoms with Crippen molar-refractivity contribution in [1.29, 1.82) is 0 Å². The van der Waals surface area contributed by atoms with Crippen LogP contribution in [0.3, 0.4) is 0 Å². The molecule has 0 aliphatic carbocycles. The summed E-state index contributed by atoms with van der Waals surface area (Å²) in [6.07, 6.45) is 2.18. The zero-order chi connectivity index (χ0) is 16.0. The van der Waals surface area contributed by atoms with Crippen molar-refractivity contribution in [3.63, 3.8) is 0 Å². The first-order chi connectivity index (χ1) is 9.96. The van der Waals surface area contributed by atoms with Gasteiger partial charge in [-0.05, 0) is 46.5 Å². The number of likely N-dealkylation sites (N-methyl/N-ethyl adjacent to an activating group) is 2. The Bertz CT molecular complexity index is 439. The molecule has 1 aromatic carbocycles. The fraction of sp³-hybridized carbons (Fsp3) is 0.667. The molecule has 0 aliphatic heterocycles. The van der Waals surface area contributed by atoms with Gasteiger partial charge in [0.15, 0.2) is 0 Å². The van der Waals surface area contributed by atoms with Gasteiger partial charge in [0.1, 0.15) is 5.75 Å². The lowest BCUT2D eigenvalue weighted by Crippen LogP contribution is -2.53. The van der Waals surface area contributed by atoms with E-state index in [0.29, 0.717) is 0 Å². The molecule has 120 valence electrons. The molecule has 3 nitrogen and oxygen atoms in total. The lowest BCUT2D eigenvalue weighted by atomic mass is 9.79. The number of rotatable bonds is 8. The normalized spacial score (nSPS) is 13.5. The second-order valence-electron chi connectivity index (χ2n) is 5.94. The van der Waals surface area contributed by atoms with E-state index in [9.17, 15) is 0 Å². The number of hydrogen-bond donors (Lipinski definition) is 1. The van der Waals surface area contributed by atoms with Crippen molar-refractivity contribution in [3.8, 4) is 5.75 Å². The van der Waals surface area contributed by atoms with Gasteiger partial charge in [0.25, 0.3) is 0 Å². The van der Waals surface area contributed by atoms with E-state index in [2.05, 4.69) is 70.2 Å². The lowest BCUT2D eigenvalue weighted by molar-refractivity contribution is 0.0876. The monoisotopic (exact) mass is 292 g/mol. The molecule has 0 amide bonds. The van der Waals surface area contributed by atoms with Crippen molar-refractivity contribution in [3.05, 3.63) is 29.3 Å². The molecule has 0 aromatic heterocycles. The first-order valence-electron chi connectivity index (χ1n) is 8.02. The molecule has 1 atom stereocenters. The average Bonchev–Trinajstić information content (AvgIpc) is 2.47. The summed E-state index contributed by atoms with van der Waals surface area (Å²) in [5.41, 5.74) is 2.61. The lowest BCUT2D eigenvalue weighted by Gasteiger charge is -2.46. The molecule has 1 aromatic rings. The van der Waals surface area contributed by atoms with Gasteiger partial charge >= 0.3 is 0 Å². The molecule has 0 aliphatic rings. The highest BCUT2D eigenvalue weighted by Gasteiger charge is 2.39. The number of nitrogens with one attached hydrogen (secondary N) is 1. The summed E-state index contributed by atoms with van der Waals surface area (Å²) in [5, 5.41) is 3.70. The number of hydrogen-bond acceptors (Lipinski definition) is 3. The predicted octanol–water partition coefficient (Wildman–Crippen LogP) is 3.77. The Morgan fingerprint density at radius 3 is 2.24 bits per heavy atom. The zero-order valence-electron chi connectivity index (χ0n) is 14.8. The summed E-state index contributed by atoms with van der Waals surface area (Å²) in [4.78, 5) is 2.36. The minimum absolute atomic E-state index is 0.0804. The molecular weight excluding hydrogens is 260 g/mol. The maximum absolute atomic E-state index is 5.63. The van der Waals surface area contributed by atoms with Crippen LogP contribution in [0, 0.1) is 6.92 Å². The van der Waals surface area contributed by atoms with E-state index in [1.54, 1.807) is 7.11 Å². The molecule has 0 fully saturated rings. The summed E-state index contributed by atoms with van der Waals surface area (Å²) >= 11 is 0. The van der Waals surface area contributed by atoms with Crippen LogP contribution in [-0.2, 0) is 0 Å². The number of benzene rings is 1. The van der Waals surface area contributed by atoms with Crippen molar-refractivity contribution in [2.24, 2.45) is 0 Å². The standard InChI is InChI=1S/C18H32N2O/c1-8-18(9-2,20(5)6)17(19-10-3)15-13-14(4)11-12-16(15)21-7/h11-13,17,19H,8-10H2,1-7H3. The van der Waals surface area contributed by atoms with Crippen LogP contribution in [0.4, 0.5) is 0 Å². The van der Waals surface area contributed by atoms with Crippen LogP contribution in [-0.4, -0.2) is 38.2 Å². The molecule has 0 heterocycles. The van der Waals surface area contributed by atoms with Crippen molar-refractivity contribution >= 4 is 0 Å². The Balaban J connectivity index is 3.44. The maximum Gasteiger partial charge on any atom is 0.123 e. The molecule has 0 saturated heterocycles. The van der Waals surface area contributed by atoms with Gasteiger partial charge in [0.2, 0.25) is 0 Å². The molecule has 0 bridgehead atoms. The van der Waals surface area contributed by atoms with Crippen LogP contribution in [0.2, 0.25) is 0 Å². The quantitative estimate of drug-likeness (QED) is 0.789. The van der Waals surface area contributed by atoms with Gasteiger partial charge in [-0.3, -0.25) is 0 Å². The summed E-state index contributed by atoms with van der Waals surface area (Å²) in [6.45, 7) is 9.80. The van der Waals surface area contributed by atoms with Crippen LogP contribution in [0.1, 0.15) is 50.8 Å². The molecule has 1 unspecified atom stereocenters. The first kappa shape index (κ1) is 18.0. The van der Waals surface area contributed by atoms with Crippen LogP contribution < -0.4 is 10.1 Å². The SMILES string of the molecule is CCNC(c1cc(C)ccc1OC)C(CC)(CC)N(C)C. The topological polar surface area (TPSA) is 24.5 Å². The summed E-state index contributed by atoms with van der Waals surface area (Å²) in [5.74, 6) is 0.972. The van der Waals surface area contributed by atoms with E-state index in [0.717, 1.165) is 25.1 Å². The summed E-state index contributed by atoms with van der Waals surface area (Å²) in [7, 11) is 6.12. The van der Waals surface area contributed by atoms with Gasteiger partial charge in [-0.25, -0.2) is 0 Å². The van der Waals surface area contributed by atoms with Crippen LogP contribution in [0.25, 0.3) is 0 Å². The van der Waals surface area contributed by atoms with E-state index in [1.165, 1.54) is 11.1 Å². The van der Waals surface area contributed by atoms with Crippen molar-refractivity contribution in [1.82, 2.24) is 10.2 Å². The third-order valence-electron chi connectivity index (χ3n) is 4.76. The molecule has 0 radical (unpaired) electrons. The summed E-state index contributed by atoms with van der Waals surface area (Å²) in [6, 6.07) is 6.71. The third-order valence-corrected chi connectivity index (χ3v) is 4.76. The molecule has 0 saturated carbocycles. The molecule has 1 N–H and O–H groups in total. The van der Waals surface area contributed by atoms with Gasteiger partial charge in [0.05, 0.1) is 13.2 Å². The minimum atomic E-state index is 0.0804. The number of methoxy groups -OCH3 is 1. The van der Waals surface area contributed by atoms with Crippen LogP contribution in [0.15, 0.2) is 18.2 Å². The average molecular weight is 292 g/mol. The highest BCUT2D eigenvalue weighted by molar-refractivity contribution is 5.41. The van der Waals surface area contributed by atoms with Crippen LogP contribution >= 0.6 is 0 Å². The van der Waals surface area contributed by atoms with Crippen molar-refractivity contribution < 1.29 is 4.74 Å². The van der Waals surface area contributed by atoms with Gasteiger partial charge in [-0.2, -0.15) is 0 Å². The number of aryl methyl sites for hydroxylation is 1. The molecule has 3 heteroatoms. The molecule has 1 rings (SSSR count). The molecular formula is C18H32N2O. The third kappa shape index (κ3) is 3.58. The van der Waals surface area contributed by atoms with E-state index < -0.39 is 0 Å². The molecule has 0 spiro atoms. The van der Waals surface area contributed by atoms with E-state index >= 15 is 0 Å². The Kier molecular flexibility index (Phi) is 6.69. The van der Waals surface area contributed by atoms with Gasteiger partial charge in [0, 0.05) is 11.1 Å². The van der Waals surface area contributed by atoms with E-state index in [4.69, 9.17) is 4.74 Å². The Morgan fingerprint density at radius 2 is 1.81 bits per heavy atom. The largest absolute Gasteiger partial charge is 0.496 e. The van der Waals surface area contributed by atoms with Gasteiger partial charge in [-0.1, -0.05) is 38.5 Å². The van der Waals surface area contributed by atoms with Crippen molar-refractivity contribution in [2.45, 2.75) is 52.1 Å². The maximum atomic E-state index is 5.63. The predicted molar refractivity (Wildman–Crippen MR) is 91.1 cm³/mol. The first-order valence-corrected chi connectivity index (χ1v) is 8.02. The Morgan fingerprint density at radius 1 is 1.19 bits per heavy atom. The second kappa shape index (κ2) is 7.81. The van der Waals surface area contributed by atoms with E-state index in [1.807, 2.05) is 0 Å². The smallest absolute Gasteiger partial charge is 0.123 e. The van der Waals surface area contributed by atoms with Gasteiger partial charge in [-0.15, -0.1) is 0 Å². The summed E-state index contributed by atoms with van der Waals surface area (Å²) < 4.78 is 5.63. The number of nitrogens with zero attached hydrogens (tertiary/aromatic N) is 1. The minimum Gasteiger partial charge on any atom is -0.496 e. The highest BCUT2D eigenvalue weighted by atomic mass is 16.5. The van der Waals surface area contributed by atoms with Crippen LogP contribution in [0.5, 0.6) is 5.75 Å². The second-order valence-corrected chi connectivity index (χ2v) is 5.94. The van der Waals surface area contributed by atoms with Crippen molar-refractivity contribution in [2.75, 3.05) is 27.7 Å². The van der Waals surface area contributed by atoms with E-state index in [-0.39, 0.29) is 11.6 Å². The zero-order valence-corrected chi connectivity index (χ0v) is 14.8. The Hall–Kier alpha value is -1.06. The molecule has 21 heavy (non-hydrogen) atoms. The number of ether oxygens (including phenoxy) is 1.